The molecular formula is C86H106N16O7. The van der Waals surface area contributed by atoms with Gasteiger partial charge in [-0.15, -0.1) is 0 Å². The number of carboxylic acid groups (broad SMARTS) is 1. The Kier molecular flexibility index (Phi) is 27.4. The summed E-state index contributed by atoms with van der Waals surface area (Å²) >= 11 is 0. The molecule has 3 amide bonds. The Morgan fingerprint density at radius 1 is 0.459 bits per heavy atom. The van der Waals surface area contributed by atoms with Crippen LogP contribution in [0.5, 0.6) is 0 Å². The molecule has 0 unspecified atom stereocenters. The van der Waals surface area contributed by atoms with Crippen molar-refractivity contribution >= 4 is 57.1 Å². The molecule has 0 saturated carbocycles. The largest absolute Gasteiger partial charge is 0.477 e. The van der Waals surface area contributed by atoms with Crippen molar-refractivity contribution in [3.63, 3.8) is 0 Å². The van der Waals surface area contributed by atoms with E-state index < -0.39 is 11.9 Å². The number of ether oxygens (including phenoxy) is 2. The molecule has 4 aliphatic rings. The molecule has 14 rings (SSSR count). The first-order valence-electron chi connectivity index (χ1n) is 39.0. The van der Waals surface area contributed by atoms with Gasteiger partial charge in [-0.1, -0.05) is 111 Å². The first-order chi connectivity index (χ1) is 53.1. The summed E-state index contributed by atoms with van der Waals surface area (Å²) in [5.74, 6) is -0.758. The van der Waals surface area contributed by atoms with Gasteiger partial charge in [-0.25, -0.2) is 34.1 Å². The molecule has 0 radical (unpaired) electrons. The maximum atomic E-state index is 13.5. The van der Waals surface area contributed by atoms with Crippen LogP contribution in [0.1, 0.15) is 166 Å². The predicted octanol–water partition coefficient (Wildman–Crippen LogP) is 12.7. The first kappa shape index (κ1) is 78.3. The summed E-state index contributed by atoms with van der Waals surface area (Å²) in [5, 5.41) is 36.5. The number of aromatic carboxylic acids is 1. The van der Waals surface area contributed by atoms with E-state index in [1.54, 1.807) is 18.2 Å². The fraction of sp³-hybridized carbons (Fsp3) is 0.419. The maximum absolute atomic E-state index is 13.5. The molecule has 4 saturated heterocycles. The van der Waals surface area contributed by atoms with Crippen molar-refractivity contribution < 1.29 is 33.8 Å². The number of nitrogens with zero attached hydrogens (tertiary/aromatic N) is 10. The average Bonchev–Trinajstić information content (AvgIpc) is 1.67. The number of hydrogen-bond acceptors (Lipinski definition) is 17. The van der Waals surface area contributed by atoms with Gasteiger partial charge in [0, 0.05) is 100 Å². The van der Waals surface area contributed by atoms with E-state index in [4.69, 9.17) is 30.3 Å². The average molecular weight is 1480 g/mol. The number of nitrogens with two attached hydrogens (primary N) is 1. The number of fused-ring (bicyclic) bond motifs is 2. The van der Waals surface area contributed by atoms with Gasteiger partial charge >= 0.3 is 5.97 Å². The van der Waals surface area contributed by atoms with Crippen LogP contribution in [0, 0.1) is 11.8 Å². The number of aromatic nitrogens is 8. The zero-order valence-electron chi connectivity index (χ0n) is 64.0. The first-order valence-corrected chi connectivity index (χ1v) is 39.0. The van der Waals surface area contributed by atoms with Gasteiger partial charge in [0.25, 0.3) is 17.7 Å². The Hall–Kier alpha value is -10.3. The van der Waals surface area contributed by atoms with Crippen molar-refractivity contribution in [2.45, 2.75) is 156 Å². The molecule has 10 aromatic rings. The van der Waals surface area contributed by atoms with Gasteiger partial charge in [0.1, 0.15) is 22.8 Å². The monoisotopic (exact) mass is 1470 g/mol. The quantitative estimate of drug-likeness (QED) is 0.0280. The minimum absolute atomic E-state index is 0.0553. The normalized spacial score (nSPS) is 15.5. The van der Waals surface area contributed by atoms with Crippen molar-refractivity contribution in [1.29, 1.82) is 0 Å². The lowest BCUT2D eigenvalue weighted by Crippen LogP contribution is -2.30. The van der Waals surface area contributed by atoms with Crippen LogP contribution in [0.3, 0.4) is 0 Å². The van der Waals surface area contributed by atoms with Crippen LogP contribution in [-0.4, -0.2) is 157 Å². The molecule has 10 heterocycles. The molecule has 0 bridgehead atoms. The van der Waals surface area contributed by atoms with Gasteiger partial charge in [-0.3, -0.25) is 14.4 Å². The number of carbonyl (C=O) groups is 4. The van der Waals surface area contributed by atoms with E-state index in [-0.39, 0.29) is 59.8 Å². The fourth-order valence-electron chi connectivity index (χ4n) is 15.1. The topological polar surface area (TPSA) is 287 Å². The van der Waals surface area contributed by atoms with Crippen molar-refractivity contribution in [3.8, 4) is 22.3 Å². The van der Waals surface area contributed by atoms with E-state index >= 15 is 0 Å². The zero-order valence-corrected chi connectivity index (χ0v) is 64.0. The van der Waals surface area contributed by atoms with Crippen molar-refractivity contribution in [2.24, 2.45) is 17.6 Å². The van der Waals surface area contributed by atoms with Crippen LogP contribution < -0.4 is 32.3 Å². The summed E-state index contributed by atoms with van der Waals surface area (Å²) in [4.78, 5) is 73.9. The highest BCUT2D eigenvalue weighted by atomic mass is 16.5. The molecule has 4 aliphatic heterocycles. The standard InChI is InChI=1S/C43H52N8O3.C23H28N6O4.C20H26N2/c1-4-37-35(40(47-34-17-21-54-22-18-34)36-28-46-51(5-2)41(36)49-37)27-45-43(53)39-14-8-13-38(48-39)42(52)44-26-31-10-7-12-33(25-31)32-11-6-9-30(24-32)23-29-15-19-50(3)20-16-29;1-3-17-15(12-24-22(30)18-6-5-7-19(27-18)23(31)32)20(26-14-8-10-33-11-9-14)16-13-25-29(4-2)21(16)28-17;1-22-10-8-16(9-11-22)12-17-4-2-6-19(13-17)20-7-3-5-18(14-20)15-21/h6-14,24-25,28-29,34H,4-5,15-23,26-27H2,1-3H3,(H,44,52)(H,45,53)(H,47,49);5-7,13-14H,3-4,8-12H2,1-2H3,(H,24,30)(H,26,28)(H,31,32);2-7,13-14,16H,8-12,15,21H2,1H3. The van der Waals surface area contributed by atoms with Gasteiger partial charge in [0.15, 0.2) is 11.3 Å². The molecule has 4 fully saturated rings. The summed E-state index contributed by atoms with van der Waals surface area (Å²) in [6.07, 6.45) is 16.1. The van der Waals surface area contributed by atoms with Crippen LogP contribution in [-0.2, 0) is 74.4 Å². The Labute approximate surface area is 639 Å². The Morgan fingerprint density at radius 3 is 1.21 bits per heavy atom. The lowest BCUT2D eigenvalue weighted by Gasteiger charge is -2.29. The summed E-state index contributed by atoms with van der Waals surface area (Å²) in [6.45, 7) is 18.7. The number of aryl methyl sites for hydroxylation is 4. The number of carboxylic acids is 1. The third kappa shape index (κ3) is 20.5. The van der Waals surface area contributed by atoms with Gasteiger partial charge in [-0.2, -0.15) is 10.2 Å². The molecule has 572 valence electrons. The van der Waals surface area contributed by atoms with Crippen LogP contribution in [0.25, 0.3) is 44.3 Å². The van der Waals surface area contributed by atoms with Gasteiger partial charge in [0.2, 0.25) is 0 Å². The van der Waals surface area contributed by atoms with Crippen LogP contribution in [0.15, 0.2) is 146 Å². The van der Waals surface area contributed by atoms with Crippen molar-refractivity contribution in [3.05, 3.63) is 213 Å². The second-order valence-electron chi connectivity index (χ2n) is 29.1. The van der Waals surface area contributed by atoms with E-state index in [2.05, 4.69) is 169 Å². The summed E-state index contributed by atoms with van der Waals surface area (Å²) < 4.78 is 14.9. The van der Waals surface area contributed by atoms with E-state index in [1.807, 2.05) is 47.7 Å². The molecule has 109 heavy (non-hydrogen) atoms. The molecule has 23 nitrogen and oxygen atoms in total. The molecule has 0 aliphatic carbocycles. The fourth-order valence-corrected chi connectivity index (χ4v) is 15.1. The number of nitrogens with one attached hydrogen (secondary N) is 5. The van der Waals surface area contributed by atoms with Gasteiger partial charge in [0.05, 0.1) is 34.5 Å². The number of anilines is 2. The number of carbonyl (C=O) groups excluding carboxylic acids is 3. The van der Waals surface area contributed by atoms with E-state index in [0.29, 0.717) is 65.4 Å². The van der Waals surface area contributed by atoms with E-state index in [0.717, 1.165) is 111 Å². The minimum atomic E-state index is -1.18. The lowest BCUT2D eigenvalue weighted by molar-refractivity contribution is 0.0689. The minimum Gasteiger partial charge on any atom is -0.477 e. The van der Waals surface area contributed by atoms with Crippen molar-refractivity contribution in [2.75, 3.05) is 77.3 Å². The number of piperidine rings is 2. The van der Waals surface area contributed by atoms with Gasteiger partial charge in [-0.05, 0) is 224 Å². The van der Waals surface area contributed by atoms with E-state index in [1.165, 1.54) is 110 Å². The smallest absolute Gasteiger partial charge is 0.354 e. The molecule has 4 aromatic carbocycles. The maximum Gasteiger partial charge on any atom is 0.354 e. The number of hydrogen-bond donors (Lipinski definition) is 7. The number of pyridine rings is 4. The van der Waals surface area contributed by atoms with Crippen LogP contribution in [0.2, 0.25) is 0 Å². The summed E-state index contributed by atoms with van der Waals surface area (Å²) in [5.41, 5.74) is 23.0. The zero-order chi connectivity index (χ0) is 76.2. The highest BCUT2D eigenvalue weighted by molar-refractivity contribution is 5.98. The molecular weight excluding hydrogens is 1370 g/mol. The second kappa shape index (κ2) is 38.2. The Bertz CT molecular complexity index is 4740. The molecule has 0 atom stereocenters. The molecule has 8 N–H and O–H groups in total. The highest BCUT2D eigenvalue weighted by Gasteiger charge is 2.27. The van der Waals surface area contributed by atoms with E-state index in [9.17, 15) is 19.2 Å². The number of likely N-dealkylation sites (tertiary alicyclic amines) is 2. The second-order valence-corrected chi connectivity index (χ2v) is 29.1. The number of rotatable bonds is 25. The summed E-state index contributed by atoms with van der Waals surface area (Å²) in [7, 11) is 4.43. The third-order valence-corrected chi connectivity index (χ3v) is 21.4. The molecule has 23 heteroatoms. The summed E-state index contributed by atoms with van der Waals surface area (Å²) in [6, 6.07) is 44.5. The molecule has 6 aromatic heterocycles. The highest BCUT2D eigenvalue weighted by Crippen LogP contribution is 2.35. The Balaban J connectivity index is 0.000000170. The lowest BCUT2D eigenvalue weighted by atomic mass is 9.89. The van der Waals surface area contributed by atoms with Crippen LogP contribution in [0.4, 0.5) is 11.4 Å². The van der Waals surface area contributed by atoms with Gasteiger partial charge < -0.3 is 56.7 Å². The van der Waals surface area contributed by atoms with Crippen LogP contribution >= 0.6 is 0 Å². The number of benzene rings is 4. The third-order valence-electron chi connectivity index (χ3n) is 21.4. The predicted molar refractivity (Wildman–Crippen MR) is 429 cm³/mol. The number of amides is 3. The SMILES string of the molecule is CCc1nc2c(cnn2CC)c(NC2CCOCC2)c1CNC(=O)c1cccc(C(=O)NCc2cccc(-c3cccc(CC4CCN(C)CC4)c3)c2)n1.CCc1nc2c(cnn2CC)c(NC2CCOCC2)c1CNC(=O)c1cccc(C(=O)O)n1.CN1CCC(Cc2cccc(-c3cccc(CN)c3)c2)CC1. The Morgan fingerprint density at radius 2 is 0.817 bits per heavy atom. The van der Waals surface area contributed by atoms with Crippen molar-refractivity contribution in [1.82, 2.24) is 65.2 Å². The molecule has 0 spiro atoms.